The van der Waals surface area contributed by atoms with Gasteiger partial charge >= 0.3 is 5.97 Å². The molecule has 0 aliphatic heterocycles. The molecular formula is C33H54O4. The molecule has 4 rings (SSSR count). The summed E-state index contributed by atoms with van der Waals surface area (Å²) >= 11 is 0. The van der Waals surface area contributed by atoms with Crippen molar-refractivity contribution in [2.75, 3.05) is 0 Å². The molecule has 0 spiro atoms. The van der Waals surface area contributed by atoms with Crippen molar-refractivity contribution in [3.8, 4) is 0 Å². The van der Waals surface area contributed by atoms with Crippen LogP contribution in [-0.2, 0) is 14.3 Å². The topological polar surface area (TPSA) is 63.6 Å². The third-order valence-electron chi connectivity index (χ3n) is 11.9. The zero-order chi connectivity index (χ0) is 27.0. The zero-order valence-corrected chi connectivity index (χ0v) is 24.6. The van der Waals surface area contributed by atoms with E-state index in [0.29, 0.717) is 36.5 Å². The predicted octanol–water partition coefficient (Wildman–Crippen LogP) is 7.67. The largest absolute Gasteiger partial charge is 0.462 e. The fourth-order valence-corrected chi connectivity index (χ4v) is 9.75. The zero-order valence-electron chi connectivity index (χ0n) is 24.6. The average molecular weight is 515 g/mol. The van der Waals surface area contributed by atoms with Crippen molar-refractivity contribution in [1.82, 2.24) is 0 Å². The molecule has 0 heterocycles. The summed E-state index contributed by atoms with van der Waals surface area (Å²) in [6.45, 7) is 13.6. The van der Waals surface area contributed by atoms with Gasteiger partial charge in [0.05, 0.1) is 11.5 Å². The quantitative estimate of drug-likeness (QED) is 0.141. The van der Waals surface area contributed by atoms with Crippen LogP contribution in [-0.4, -0.2) is 29.6 Å². The van der Waals surface area contributed by atoms with Crippen LogP contribution < -0.4 is 0 Å². The molecule has 0 aromatic rings. The highest BCUT2D eigenvalue weighted by Gasteiger charge is 2.66. The first kappa shape index (κ1) is 28.8. The first-order chi connectivity index (χ1) is 17.6. The van der Waals surface area contributed by atoms with Crippen LogP contribution in [0.25, 0.3) is 0 Å². The molecule has 3 fully saturated rings. The molecular weight excluding hydrogens is 460 g/mol. The number of carbonyl (C=O) groups is 2. The van der Waals surface area contributed by atoms with Gasteiger partial charge < -0.3 is 14.6 Å². The number of carbonyl (C=O) groups excluding carboxylic acids is 2. The lowest BCUT2D eigenvalue weighted by molar-refractivity contribution is -0.165. The summed E-state index contributed by atoms with van der Waals surface area (Å²) in [5.74, 6) is 2.15. The van der Waals surface area contributed by atoms with Crippen molar-refractivity contribution in [1.29, 1.82) is 0 Å². The van der Waals surface area contributed by atoms with E-state index >= 15 is 0 Å². The molecule has 0 amide bonds. The van der Waals surface area contributed by atoms with Crippen molar-refractivity contribution in [3.05, 3.63) is 11.1 Å². The SMILES string of the molecule is CCCCCCCCCC(=O)O[C@H]1CC[C@H]2[C@@H]3C(C)C(C)C4=C(C)[C@@H](O)CC(C)[C@]4(C=O)[C@H]3CC[C@]12C. The van der Waals surface area contributed by atoms with Crippen molar-refractivity contribution in [2.45, 2.75) is 137 Å². The van der Waals surface area contributed by atoms with Gasteiger partial charge in [0, 0.05) is 11.8 Å². The molecule has 3 saturated carbocycles. The number of fused-ring (bicyclic) bond motifs is 5. The number of allylic oxidation sites excluding steroid dienone is 1. The predicted molar refractivity (Wildman–Crippen MR) is 149 cm³/mol. The molecule has 4 aliphatic rings. The van der Waals surface area contributed by atoms with Crippen LogP contribution >= 0.6 is 0 Å². The second kappa shape index (κ2) is 11.5. The summed E-state index contributed by atoms with van der Waals surface area (Å²) in [6, 6.07) is 0. The monoisotopic (exact) mass is 514 g/mol. The van der Waals surface area contributed by atoms with Gasteiger partial charge in [-0.1, -0.05) is 78.7 Å². The highest BCUT2D eigenvalue weighted by Crippen LogP contribution is 2.69. The Balaban J connectivity index is 1.47. The lowest BCUT2D eigenvalue weighted by Gasteiger charge is -2.63. The molecule has 210 valence electrons. The molecule has 4 aliphatic carbocycles. The lowest BCUT2D eigenvalue weighted by atomic mass is 9.40. The van der Waals surface area contributed by atoms with Gasteiger partial charge in [-0.15, -0.1) is 0 Å². The number of hydrogen-bond acceptors (Lipinski definition) is 4. The fourth-order valence-electron chi connectivity index (χ4n) is 9.75. The minimum atomic E-state index is -0.451. The Morgan fingerprint density at radius 2 is 1.70 bits per heavy atom. The van der Waals surface area contributed by atoms with E-state index in [4.69, 9.17) is 4.74 Å². The van der Waals surface area contributed by atoms with E-state index in [2.05, 4.69) is 41.5 Å². The molecule has 10 atom stereocenters. The molecule has 4 heteroatoms. The molecule has 3 unspecified atom stereocenters. The molecule has 0 saturated heterocycles. The van der Waals surface area contributed by atoms with Crippen molar-refractivity contribution in [2.24, 2.45) is 46.3 Å². The second-order valence-electron chi connectivity index (χ2n) is 13.7. The van der Waals surface area contributed by atoms with E-state index in [-0.39, 0.29) is 29.3 Å². The van der Waals surface area contributed by atoms with Gasteiger partial charge in [0.25, 0.3) is 0 Å². The minimum Gasteiger partial charge on any atom is -0.462 e. The van der Waals surface area contributed by atoms with E-state index in [1.54, 1.807) is 0 Å². The van der Waals surface area contributed by atoms with Crippen LogP contribution in [0.15, 0.2) is 11.1 Å². The Morgan fingerprint density at radius 1 is 1.03 bits per heavy atom. The van der Waals surface area contributed by atoms with Crippen LogP contribution in [0, 0.1) is 46.3 Å². The van der Waals surface area contributed by atoms with E-state index < -0.39 is 11.5 Å². The van der Waals surface area contributed by atoms with Gasteiger partial charge in [-0.05, 0) is 86.5 Å². The van der Waals surface area contributed by atoms with Gasteiger partial charge in [-0.3, -0.25) is 4.79 Å². The number of hydrogen-bond donors (Lipinski definition) is 1. The Kier molecular flexibility index (Phi) is 8.98. The number of esters is 1. The summed E-state index contributed by atoms with van der Waals surface area (Å²) in [5.41, 5.74) is 1.86. The maximum atomic E-state index is 13.1. The summed E-state index contributed by atoms with van der Waals surface area (Å²) in [7, 11) is 0. The maximum Gasteiger partial charge on any atom is 0.306 e. The maximum absolute atomic E-state index is 13.1. The molecule has 0 radical (unpaired) electrons. The number of rotatable bonds is 10. The molecule has 4 nitrogen and oxygen atoms in total. The van der Waals surface area contributed by atoms with Crippen molar-refractivity contribution < 1.29 is 19.4 Å². The number of ether oxygens (including phenoxy) is 1. The molecule has 0 aromatic carbocycles. The molecule has 37 heavy (non-hydrogen) atoms. The van der Waals surface area contributed by atoms with E-state index in [0.717, 1.165) is 44.1 Å². The van der Waals surface area contributed by atoms with E-state index in [1.165, 1.54) is 44.0 Å². The molecule has 0 bridgehead atoms. The van der Waals surface area contributed by atoms with Gasteiger partial charge in [-0.2, -0.15) is 0 Å². The highest BCUT2D eigenvalue weighted by atomic mass is 16.5. The Labute approximate surface area is 226 Å². The van der Waals surface area contributed by atoms with Crippen molar-refractivity contribution >= 4 is 12.3 Å². The smallest absolute Gasteiger partial charge is 0.306 e. The Morgan fingerprint density at radius 3 is 2.38 bits per heavy atom. The number of unbranched alkanes of at least 4 members (excludes halogenated alkanes) is 6. The second-order valence-corrected chi connectivity index (χ2v) is 13.7. The first-order valence-corrected chi connectivity index (χ1v) is 15.7. The summed E-state index contributed by atoms with van der Waals surface area (Å²) < 4.78 is 6.23. The molecule has 1 N–H and O–H groups in total. The van der Waals surface area contributed by atoms with Crippen LogP contribution in [0.1, 0.15) is 125 Å². The van der Waals surface area contributed by atoms with Crippen LogP contribution in [0.3, 0.4) is 0 Å². The van der Waals surface area contributed by atoms with E-state index in [9.17, 15) is 14.7 Å². The summed E-state index contributed by atoms with van der Waals surface area (Å²) in [4.78, 5) is 25.9. The molecule has 0 aromatic heterocycles. The summed E-state index contributed by atoms with van der Waals surface area (Å²) in [6.07, 6.45) is 14.6. The van der Waals surface area contributed by atoms with Crippen molar-refractivity contribution in [3.63, 3.8) is 0 Å². The lowest BCUT2D eigenvalue weighted by Crippen LogP contribution is -2.60. The number of aliphatic hydroxyl groups excluding tert-OH is 1. The van der Waals surface area contributed by atoms with Crippen LogP contribution in [0.5, 0.6) is 0 Å². The number of aliphatic hydroxyl groups is 1. The normalized spacial score (nSPS) is 43.1. The average Bonchev–Trinajstić information content (AvgIpc) is 3.19. The standard InChI is InChI=1S/C33H54O4/c1-7-8-9-10-11-12-13-14-29(36)37-28-16-15-25-30-22(3)23(4)31-24(5)27(35)19-21(2)33(31,20-34)26(30)17-18-32(25,28)6/h20-23,25-28,30,35H,7-19H2,1-6H3/t21?,22?,23?,25-,26-,27-,28-,30-,32-,33+/m0/s1. The highest BCUT2D eigenvalue weighted by molar-refractivity contribution is 5.70. The summed E-state index contributed by atoms with van der Waals surface area (Å²) in [5, 5.41) is 10.8. The fraction of sp³-hybridized carbons (Fsp3) is 0.879. The van der Waals surface area contributed by atoms with Crippen LogP contribution in [0.4, 0.5) is 0 Å². The number of aldehydes is 1. The minimum absolute atomic E-state index is 0.00269. The van der Waals surface area contributed by atoms with E-state index in [1.807, 2.05) is 0 Å². The Hall–Kier alpha value is -1.16. The first-order valence-electron chi connectivity index (χ1n) is 15.7. The van der Waals surface area contributed by atoms with Gasteiger partial charge in [0.15, 0.2) is 0 Å². The van der Waals surface area contributed by atoms with Gasteiger partial charge in [0.2, 0.25) is 0 Å². The Bertz CT molecular complexity index is 862. The third-order valence-corrected chi connectivity index (χ3v) is 11.9. The third kappa shape index (κ3) is 4.87. The van der Waals surface area contributed by atoms with Gasteiger partial charge in [0.1, 0.15) is 12.4 Å². The van der Waals surface area contributed by atoms with Gasteiger partial charge in [-0.25, -0.2) is 0 Å². The van der Waals surface area contributed by atoms with Crippen LogP contribution in [0.2, 0.25) is 0 Å².